The zero-order valence-electron chi connectivity index (χ0n) is 8.50. The Bertz CT molecular complexity index is 85.5. The van der Waals surface area contributed by atoms with E-state index in [-0.39, 0.29) is 6.10 Å². The van der Waals surface area contributed by atoms with Gasteiger partial charge in [-0.25, -0.2) is 0 Å². The molecule has 1 unspecified atom stereocenters. The molecule has 0 rings (SSSR count). The van der Waals surface area contributed by atoms with E-state index in [0.717, 1.165) is 0 Å². The van der Waals surface area contributed by atoms with E-state index in [1.165, 1.54) is 7.11 Å². The first-order valence-corrected chi connectivity index (χ1v) is 3.78. The third-order valence-electron chi connectivity index (χ3n) is 0.907. The summed E-state index contributed by atoms with van der Waals surface area (Å²) in [6, 6.07) is 0. The van der Waals surface area contributed by atoms with Crippen LogP contribution in [0.2, 0.25) is 0 Å². The molecule has 0 aliphatic carbocycles. The van der Waals surface area contributed by atoms with Crippen LogP contribution >= 0.6 is 0 Å². The maximum absolute atomic E-state index is 8.60. The van der Waals surface area contributed by atoms with Crippen molar-refractivity contribution in [1.82, 2.24) is 0 Å². The number of methoxy groups -OCH3 is 2. The molecule has 0 saturated carbocycles. The first-order chi connectivity index (χ1) is 5.33. The summed E-state index contributed by atoms with van der Waals surface area (Å²) in [6.07, 6.45) is -0.324. The Kier molecular flexibility index (Phi) is 8.97. The van der Waals surface area contributed by atoms with Crippen molar-refractivity contribution in [2.45, 2.75) is 32.7 Å². The SMILES string of the molecule is COC(C)(C)O.COCC(C)O. The van der Waals surface area contributed by atoms with Gasteiger partial charge in [0.25, 0.3) is 0 Å². The van der Waals surface area contributed by atoms with Gasteiger partial charge in [0.05, 0.1) is 12.7 Å². The van der Waals surface area contributed by atoms with Crippen molar-refractivity contribution in [2.75, 3.05) is 20.8 Å². The van der Waals surface area contributed by atoms with Gasteiger partial charge in [-0.05, 0) is 20.8 Å². The highest BCUT2D eigenvalue weighted by atomic mass is 16.6. The van der Waals surface area contributed by atoms with E-state index < -0.39 is 5.79 Å². The van der Waals surface area contributed by atoms with Crippen molar-refractivity contribution in [3.8, 4) is 0 Å². The van der Waals surface area contributed by atoms with E-state index in [9.17, 15) is 0 Å². The summed E-state index contributed by atoms with van der Waals surface area (Å²) < 4.78 is 9.05. The zero-order valence-corrected chi connectivity index (χ0v) is 8.50. The summed E-state index contributed by atoms with van der Waals surface area (Å²) >= 11 is 0. The van der Waals surface area contributed by atoms with Crippen LogP contribution in [-0.2, 0) is 9.47 Å². The third-order valence-corrected chi connectivity index (χ3v) is 0.907. The lowest BCUT2D eigenvalue weighted by molar-refractivity contribution is -0.155. The highest BCUT2D eigenvalue weighted by molar-refractivity contribution is 4.42. The summed E-state index contributed by atoms with van der Waals surface area (Å²) in [5.41, 5.74) is 0. The number of aliphatic hydroxyl groups excluding tert-OH is 1. The Hall–Kier alpha value is -0.160. The topological polar surface area (TPSA) is 58.9 Å². The van der Waals surface area contributed by atoms with E-state index in [1.807, 2.05) is 0 Å². The van der Waals surface area contributed by atoms with E-state index in [1.54, 1.807) is 27.9 Å². The molecule has 12 heavy (non-hydrogen) atoms. The van der Waals surface area contributed by atoms with Gasteiger partial charge in [-0.3, -0.25) is 0 Å². The molecule has 2 N–H and O–H groups in total. The molecule has 4 heteroatoms. The number of hydrogen-bond donors (Lipinski definition) is 2. The van der Waals surface area contributed by atoms with Crippen molar-refractivity contribution in [3.05, 3.63) is 0 Å². The highest BCUT2D eigenvalue weighted by Crippen LogP contribution is 1.97. The van der Waals surface area contributed by atoms with Crippen LogP contribution in [0.25, 0.3) is 0 Å². The molecular weight excluding hydrogens is 160 g/mol. The molecule has 4 nitrogen and oxygen atoms in total. The maximum Gasteiger partial charge on any atom is 0.159 e. The van der Waals surface area contributed by atoms with Gasteiger partial charge in [0, 0.05) is 14.2 Å². The van der Waals surface area contributed by atoms with Gasteiger partial charge < -0.3 is 19.7 Å². The predicted octanol–water partition coefficient (Wildman–Crippen LogP) is 0.375. The number of rotatable bonds is 3. The molecule has 0 aliphatic rings. The molecule has 0 aromatic heterocycles. The molecule has 0 bridgehead atoms. The number of aliphatic hydroxyl groups is 2. The third kappa shape index (κ3) is 22.5. The fourth-order valence-electron chi connectivity index (χ4n) is 0.241. The number of hydrogen-bond acceptors (Lipinski definition) is 4. The lowest BCUT2D eigenvalue weighted by atomic mass is 10.4. The minimum atomic E-state index is -0.958. The summed E-state index contributed by atoms with van der Waals surface area (Å²) in [5, 5.41) is 17.0. The van der Waals surface area contributed by atoms with Gasteiger partial charge in [0.1, 0.15) is 0 Å². The molecule has 0 aliphatic heterocycles. The smallest absolute Gasteiger partial charge is 0.159 e. The summed E-state index contributed by atoms with van der Waals surface area (Å²) in [4.78, 5) is 0. The Morgan fingerprint density at radius 1 is 1.33 bits per heavy atom. The van der Waals surface area contributed by atoms with Gasteiger partial charge in [0.2, 0.25) is 0 Å². The summed E-state index contributed by atoms with van der Waals surface area (Å²) in [6.45, 7) is 5.27. The Labute approximate surface area is 74.1 Å². The molecule has 0 aromatic rings. The molecule has 0 radical (unpaired) electrons. The standard InChI is InChI=1S/2C4H10O2/c1-4(5)3-6-2;1-4(2,5)6-3/h4-5H,3H2,1-2H3;5H,1-3H3. The van der Waals surface area contributed by atoms with E-state index in [0.29, 0.717) is 6.61 Å². The first-order valence-electron chi connectivity index (χ1n) is 3.78. The molecule has 0 saturated heterocycles. The van der Waals surface area contributed by atoms with Crippen molar-refractivity contribution in [3.63, 3.8) is 0 Å². The van der Waals surface area contributed by atoms with Crippen LogP contribution < -0.4 is 0 Å². The van der Waals surface area contributed by atoms with E-state index in [4.69, 9.17) is 10.2 Å². The van der Waals surface area contributed by atoms with Crippen molar-refractivity contribution in [1.29, 1.82) is 0 Å². The Morgan fingerprint density at radius 2 is 1.67 bits per heavy atom. The van der Waals surface area contributed by atoms with Crippen molar-refractivity contribution < 1.29 is 19.7 Å². The molecule has 0 spiro atoms. The lowest BCUT2D eigenvalue weighted by Gasteiger charge is -2.12. The van der Waals surface area contributed by atoms with Crippen molar-refractivity contribution in [2.24, 2.45) is 0 Å². The van der Waals surface area contributed by atoms with Gasteiger partial charge in [0.15, 0.2) is 5.79 Å². The van der Waals surface area contributed by atoms with Crippen LogP contribution in [0.4, 0.5) is 0 Å². The normalized spacial score (nSPS) is 13.2. The fourth-order valence-corrected chi connectivity index (χ4v) is 0.241. The molecule has 1 atom stereocenters. The van der Waals surface area contributed by atoms with Gasteiger partial charge in [-0.2, -0.15) is 0 Å². The molecule has 76 valence electrons. The summed E-state index contributed by atoms with van der Waals surface area (Å²) in [7, 11) is 3.02. The van der Waals surface area contributed by atoms with Crippen LogP contribution in [0.1, 0.15) is 20.8 Å². The monoisotopic (exact) mass is 180 g/mol. The van der Waals surface area contributed by atoms with Gasteiger partial charge in [-0.1, -0.05) is 0 Å². The second-order valence-corrected chi connectivity index (χ2v) is 2.96. The minimum Gasteiger partial charge on any atom is -0.391 e. The van der Waals surface area contributed by atoms with Gasteiger partial charge in [-0.15, -0.1) is 0 Å². The Morgan fingerprint density at radius 3 is 1.67 bits per heavy atom. The molecule has 0 aromatic carbocycles. The first kappa shape index (κ1) is 14.4. The molecular formula is C8H20O4. The molecule has 0 fully saturated rings. The zero-order chi connectivity index (χ0) is 10.2. The van der Waals surface area contributed by atoms with Crippen LogP contribution in [0.3, 0.4) is 0 Å². The lowest BCUT2D eigenvalue weighted by Crippen LogP contribution is -2.20. The average molecular weight is 180 g/mol. The molecule has 0 heterocycles. The van der Waals surface area contributed by atoms with Gasteiger partial charge >= 0.3 is 0 Å². The quantitative estimate of drug-likeness (QED) is 0.616. The average Bonchev–Trinajstić information content (AvgIpc) is 1.87. The van der Waals surface area contributed by atoms with Crippen molar-refractivity contribution >= 4 is 0 Å². The maximum atomic E-state index is 8.60. The molecule has 0 amide bonds. The number of ether oxygens (including phenoxy) is 2. The fraction of sp³-hybridized carbons (Fsp3) is 1.00. The Balaban J connectivity index is 0. The second-order valence-electron chi connectivity index (χ2n) is 2.96. The van der Waals surface area contributed by atoms with Crippen LogP contribution in [0, 0.1) is 0 Å². The van der Waals surface area contributed by atoms with E-state index >= 15 is 0 Å². The van der Waals surface area contributed by atoms with Crippen LogP contribution in [-0.4, -0.2) is 42.9 Å². The largest absolute Gasteiger partial charge is 0.391 e. The minimum absolute atomic E-state index is 0.324. The van der Waals surface area contributed by atoms with Crippen LogP contribution in [0.5, 0.6) is 0 Å². The predicted molar refractivity (Wildman–Crippen MR) is 46.9 cm³/mol. The van der Waals surface area contributed by atoms with Crippen LogP contribution in [0.15, 0.2) is 0 Å². The highest BCUT2D eigenvalue weighted by Gasteiger charge is 2.06. The second kappa shape index (κ2) is 7.49. The summed E-state index contributed by atoms with van der Waals surface area (Å²) in [5.74, 6) is -0.958. The van der Waals surface area contributed by atoms with E-state index in [2.05, 4.69) is 9.47 Å².